The van der Waals surface area contributed by atoms with E-state index < -0.39 is 4.92 Å². The fourth-order valence-corrected chi connectivity index (χ4v) is 1.75. The highest BCUT2D eigenvalue weighted by atomic mass is 16.6. The number of rotatable bonds is 2. The third-order valence-electron chi connectivity index (χ3n) is 2.67. The molecular weight excluding hydrogens is 246 g/mol. The Morgan fingerprint density at radius 2 is 2.05 bits per heavy atom. The van der Waals surface area contributed by atoms with Gasteiger partial charge in [-0.25, -0.2) is 14.5 Å². The first-order chi connectivity index (χ1) is 9.13. The molecule has 0 spiro atoms. The van der Waals surface area contributed by atoms with Gasteiger partial charge in [0.1, 0.15) is 11.9 Å². The molecule has 0 aromatic carbocycles. The molecule has 7 nitrogen and oxygen atoms in total. The number of imidazole rings is 1. The zero-order valence-corrected chi connectivity index (χ0v) is 10.0. The predicted molar refractivity (Wildman–Crippen MR) is 67.6 cm³/mol. The molecule has 0 saturated heterocycles. The smallest absolute Gasteiger partial charge is 0.258 e. The number of hydrogen-bond donors (Lipinski definition) is 0. The van der Waals surface area contributed by atoms with Crippen molar-refractivity contribution in [2.24, 2.45) is 0 Å². The van der Waals surface area contributed by atoms with E-state index in [2.05, 4.69) is 15.1 Å². The number of aromatic nitrogens is 4. The van der Waals surface area contributed by atoms with Crippen LogP contribution < -0.4 is 0 Å². The number of nitro groups is 1. The molecular formula is C12H9N5O2. The van der Waals surface area contributed by atoms with Crippen LogP contribution in [0.25, 0.3) is 17.0 Å². The van der Waals surface area contributed by atoms with Crippen LogP contribution in [0.5, 0.6) is 0 Å². The van der Waals surface area contributed by atoms with E-state index in [9.17, 15) is 10.1 Å². The van der Waals surface area contributed by atoms with Gasteiger partial charge in [0.05, 0.1) is 22.5 Å². The van der Waals surface area contributed by atoms with Gasteiger partial charge in [-0.3, -0.25) is 10.1 Å². The minimum Gasteiger partial charge on any atom is -0.258 e. The summed E-state index contributed by atoms with van der Waals surface area (Å²) in [6.07, 6.45) is 2.97. The maximum absolute atomic E-state index is 10.6. The first-order valence-corrected chi connectivity index (χ1v) is 5.57. The van der Waals surface area contributed by atoms with Crippen LogP contribution in [0.3, 0.4) is 0 Å². The molecule has 0 bridgehead atoms. The SMILES string of the molecule is Cc1ccc2nc(-c3ccc([N+](=O)[O-])cn3)cn2n1. The highest BCUT2D eigenvalue weighted by molar-refractivity contribution is 5.59. The summed E-state index contributed by atoms with van der Waals surface area (Å²) in [5.74, 6) is 0. The van der Waals surface area contributed by atoms with Crippen LogP contribution in [-0.2, 0) is 0 Å². The first-order valence-electron chi connectivity index (χ1n) is 5.57. The second kappa shape index (κ2) is 4.13. The Labute approximate surface area is 107 Å². The van der Waals surface area contributed by atoms with Crippen LogP contribution in [0.1, 0.15) is 5.69 Å². The Morgan fingerprint density at radius 3 is 2.74 bits per heavy atom. The van der Waals surface area contributed by atoms with E-state index >= 15 is 0 Å². The van der Waals surface area contributed by atoms with Gasteiger partial charge in [0, 0.05) is 6.07 Å². The van der Waals surface area contributed by atoms with Gasteiger partial charge in [0.2, 0.25) is 0 Å². The molecule has 3 aromatic heterocycles. The number of fused-ring (bicyclic) bond motifs is 1. The monoisotopic (exact) mass is 255 g/mol. The van der Waals surface area contributed by atoms with E-state index in [4.69, 9.17) is 0 Å². The average molecular weight is 255 g/mol. The first kappa shape index (κ1) is 11.3. The van der Waals surface area contributed by atoms with Gasteiger partial charge in [-0.15, -0.1) is 0 Å². The minimum atomic E-state index is -0.481. The van der Waals surface area contributed by atoms with Gasteiger partial charge in [-0.1, -0.05) is 0 Å². The van der Waals surface area contributed by atoms with E-state index in [0.717, 1.165) is 5.69 Å². The number of aryl methyl sites for hydroxylation is 1. The Hall–Kier alpha value is -2.83. The number of nitrogens with zero attached hydrogens (tertiary/aromatic N) is 5. The predicted octanol–water partition coefficient (Wildman–Crippen LogP) is 2.01. The summed E-state index contributed by atoms with van der Waals surface area (Å²) in [5.41, 5.74) is 2.76. The maximum atomic E-state index is 10.6. The minimum absolute atomic E-state index is 0.0403. The van der Waals surface area contributed by atoms with Crippen molar-refractivity contribution in [3.05, 3.63) is 52.5 Å². The van der Waals surface area contributed by atoms with Gasteiger partial charge in [0.15, 0.2) is 5.65 Å². The van der Waals surface area contributed by atoms with Gasteiger partial charge in [-0.2, -0.15) is 5.10 Å². The van der Waals surface area contributed by atoms with Crippen LogP contribution in [0.4, 0.5) is 5.69 Å². The molecule has 3 heterocycles. The van der Waals surface area contributed by atoms with Gasteiger partial charge in [0.25, 0.3) is 5.69 Å². The van der Waals surface area contributed by atoms with Crippen molar-refractivity contribution in [2.45, 2.75) is 6.92 Å². The van der Waals surface area contributed by atoms with Crippen molar-refractivity contribution >= 4 is 11.3 Å². The highest BCUT2D eigenvalue weighted by Crippen LogP contribution is 2.19. The summed E-state index contributed by atoms with van der Waals surface area (Å²) in [6.45, 7) is 1.89. The fourth-order valence-electron chi connectivity index (χ4n) is 1.75. The summed E-state index contributed by atoms with van der Waals surface area (Å²) >= 11 is 0. The van der Waals surface area contributed by atoms with Crippen molar-refractivity contribution in [1.29, 1.82) is 0 Å². The van der Waals surface area contributed by atoms with Gasteiger partial charge < -0.3 is 0 Å². The van der Waals surface area contributed by atoms with E-state index in [1.165, 1.54) is 12.3 Å². The molecule has 0 N–H and O–H groups in total. The van der Waals surface area contributed by atoms with E-state index in [1.54, 1.807) is 16.8 Å². The summed E-state index contributed by atoms with van der Waals surface area (Å²) in [5, 5.41) is 14.8. The molecule has 94 valence electrons. The second-order valence-corrected chi connectivity index (χ2v) is 4.06. The van der Waals surface area contributed by atoms with Gasteiger partial charge >= 0.3 is 0 Å². The van der Waals surface area contributed by atoms with Crippen molar-refractivity contribution in [3.8, 4) is 11.4 Å². The molecule has 0 saturated carbocycles. The standard InChI is InChI=1S/C12H9N5O2/c1-8-2-5-12-14-11(7-16(12)15-8)10-4-3-9(6-13-10)17(18)19/h2-7H,1H3. The maximum Gasteiger partial charge on any atom is 0.287 e. The zero-order valence-electron chi connectivity index (χ0n) is 10.0. The summed E-state index contributed by atoms with van der Waals surface area (Å²) < 4.78 is 1.66. The lowest BCUT2D eigenvalue weighted by molar-refractivity contribution is -0.385. The molecule has 0 radical (unpaired) electrons. The molecule has 0 fully saturated rings. The number of pyridine rings is 1. The average Bonchev–Trinajstić information content (AvgIpc) is 2.81. The van der Waals surface area contributed by atoms with Crippen LogP contribution in [0.15, 0.2) is 36.7 Å². The van der Waals surface area contributed by atoms with Crippen molar-refractivity contribution < 1.29 is 4.92 Å². The molecule has 3 aromatic rings. The molecule has 0 atom stereocenters. The molecule has 7 heteroatoms. The normalized spacial score (nSPS) is 10.8. The molecule has 0 amide bonds. The molecule has 0 aliphatic carbocycles. The lowest BCUT2D eigenvalue weighted by Gasteiger charge is -1.94. The van der Waals surface area contributed by atoms with Crippen molar-refractivity contribution in [2.75, 3.05) is 0 Å². The van der Waals surface area contributed by atoms with E-state index in [-0.39, 0.29) is 5.69 Å². The Bertz CT molecular complexity index is 763. The van der Waals surface area contributed by atoms with Crippen LogP contribution >= 0.6 is 0 Å². The molecule has 19 heavy (non-hydrogen) atoms. The topological polar surface area (TPSA) is 86.2 Å². The lowest BCUT2D eigenvalue weighted by atomic mass is 10.3. The summed E-state index contributed by atoms with van der Waals surface area (Å²) in [7, 11) is 0. The van der Waals surface area contributed by atoms with Crippen LogP contribution in [-0.4, -0.2) is 24.5 Å². The Balaban J connectivity index is 2.06. The third-order valence-corrected chi connectivity index (χ3v) is 2.67. The lowest BCUT2D eigenvalue weighted by Crippen LogP contribution is -1.91. The summed E-state index contributed by atoms with van der Waals surface area (Å²) in [4.78, 5) is 18.5. The van der Waals surface area contributed by atoms with Crippen molar-refractivity contribution in [1.82, 2.24) is 19.6 Å². The van der Waals surface area contributed by atoms with Gasteiger partial charge in [-0.05, 0) is 25.1 Å². The summed E-state index contributed by atoms with van der Waals surface area (Å²) in [6, 6.07) is 6.71. The number of hydrogen-bond acceptors (Lipinski definition) is 5. The Kier molecular flexibility index (Phi) is 2.45. The molecule has 3 rings (SSSR count). The zero-order chi connectivity index (χ0) is 13.4. The molecule has 0 unspecified atom stereocenters. The third kappa shape index (κ3) is 2.01. The molecule has 0 aliphatic rings. The van der Waals surface area contributed by atoms with Crippen LogP contribution in [0, 0.1) is 17.0 Å². The highest BCUT2D eigenvalue weighted by Gasteiger charge is 2.09. The largest absolute Gasteiger partial charge is 0.287 e. The van der Waals surface area contributed by atoms with Crippen molar-refractivity contribution in [3.63, 3.8) is 0 Å². The van der Waals surface area contributed by atoms with E-state index in [1.807, 2.05) is 19.1 Å². The van der Waals surface area contributed by atoms with Crippen LogP contribution in [0.2, 0.25) is 0 Å². The molecule has 0 aliphatic heterocycles. The Morgan fingerprint density at radius 1 is 1.21 bits per heavy atom. The second-order valence-electron chi connectivity index (χ2n) is 4.06. The quantitative estimate of drug-likeness (QED) is 0.516. The fraction of sp³-hybridized carbons (Fsp3) is 0.0833. The van der Waals surface area contributed by atoms with E-state index in [0.29, 0.717) is 17.0 Å².